The average Bonchev–Trinajstić information content (AvgIpc) is 2.88. The predicted octanol–water partition coefficient (Wildman–Crippen LogP) is 3.98. The van der Waals surface area contributed by atoms with Crippen LogP contribution < -0.4 is 10.9 Å². The van der Waals surface area contributed by atoms with Crippen LogP contribution in [-0.2, 0) is 11.3 Å². The van der Waals surface area contributed by atoms with Crippen LogP contribution in [0.3, 0.4) is 0 Å². The molecule has 3 aromatic rings. The second kappa shape index (κ2) is 7.42. The molecular weight excluding hydrogens is 318 g/mol. The molecule has 2 heterocycles. The highest BCUT2D eigenvalue weighted by Crippen LogP contribution is 2.34. The van der Waals surface area contributed by atoms with Crippen LogP contribution in [0.5, 0.6) is 0 Å². The fourth-order valence-corrected chi connectivity index (χ4v) is 3.18. The zero-order chi connectivity index (χ0) is 18.0. The molecule has 5 nitrogen and oxygen atoms in total. The highest BCUT2D eigenvalue weighted by molar-refractivity contribution is 5.99. The third kappa shape index (κ3) is 3.48. The number of benzene rings is 1. The van der Waals surface area contributed by atoms with Crippen molar-refractivity contribution in [3.05, 3.63) is 45.0 Å². The van der Waals surface area contributed by atoms with E-state index in [4.69, 9.17) is 13.6 Å². The lowest BCUT2D eigenvalue weighted by Crippen LogP contribution is -2.19. The topological polar surface area (TPSA) is 64.6 Å². The van der Waals surface area contributed by atoms with Crippen LogP contribution in [0.4, 0.5) is 0 Å². The molecular formula is C20H25NO4. The minimum Gasteiger partial charge on any atom is -0.461 e. The van der Waals surface area contributed by atoms with Crippen LogP contribution >= 0.6 is 0 Å². The van der Waals surface area contributed by atoms with E-state index < -0.39 is 0 Å². The first-order valence-corrected chi connectivity index (χ1v) is 8.77. The van der Waals surface area contributed by atoms with E-state index in [0.29, 0.717) is 12.2 Å². The summed E-state index contributed by atoms with van der Waals surface area (Å²) in [5.41, 5.74) is 4.00. The molecule has 3 rings (SSSR count). The summed E-state index contributed by atoms with van der Waals surface area (Å²) in [6, 6.07) is 3.60. The van der Waals surface area contributed by atoms with Gasteiger partial charge in [-0.25, -0.2) is 4.79 Å². The molecule has 0 aliphatic heterocycles. The minimum absolute atomic E-state index is 0.329. The molecule has 0 amide bonds. The Morgan fingerprint density at radius 2 is 1.80 bits per heavy atom. The predicted molar refractivity (Wildman–Crippen MR) is 99.3 cm³/mol. The van der Waals surface area contributed by atoms with Gasteiger partial charge in [-0.05, 0) is 38.8 Å². The molecule has 1 aromatic carbocycles. The zero-order valence-corrected chi connectivity index (χ0v) is 15.3. The van der Waals surface area contributed by atoms with Gasteiger partial charge >= 0.3 is 5.63 Å². The van der Waals surface area contributed by atoms with E-state index in [9.17, 15) is 4.79 Å². The van der Waals surface area contributed by atoms with Gasteiger partial charge < -0.3 is 18.9 Å². The number of aryl methyl sites for hydroxylation is 3. The quantitative estimate of drug-likeness (QED) is 0.519. The van der Waals surface area contributed by atoms with Gasteiger partial charge in [0.05, 0.1) is 6.61 Å². The van der Waals surface area contributed by atoms with Crippen LogP contribution in [0.2, 0.25) is 0 Å². The van der Waals surface area contributed by atoms with Gasteiger partial charge in [0.15, 0.2) is 0 Å². The van der Waals surface area contributed by atoms with E-state index in [1.54, 1.807) is 0 Å². The lowest BCUT2D eigenvalue weighted by molar-refractivity contribution is 0.136. The van der Waals surface area contributed by atoms with Crippen LogP contribution in [0.25, 0.3) is 21.9 Å². The van der Waals surface area contributed by atoms with Gasteiger partial charge in [0.2, 0.25) is 0 Å². The number of rotatable bonds is 7. The fourth-order valence-electron chi connectivity index (χ4n) is 3.18. The smallest absolute Gasteiger partial charge is 0.336 e. The molecule has 0 saturated heterocycles. The lowest BCUT2D eigenvalue weighted by atomic mass is 10.0. The van der Waals surface area contributed by atoms with E-state index in [2.05, 4.69) is 18.3 Å². The molecule has 134 valence electrons. The number of ether oxygens (including phenoxy) is 1. The monoisotopic (exact) mass is 343 g/mol. The van der Waals surface area contributed by atoms with Crippen molar-refractivity contribution in [1.29, 1.82) is 0 Å². The first-order valence-electron chi connectivity index (χ1n) is 8.77. The first kappa shape index (κ1) is 17.7. The maximum atomic E-state index is 11.7. The molecule has 0 saturated carbocycles. The van der Waals surface area contributed by atoms with Crippen molar-refractivity contribution < 1.29 is 13.6 Å². The van der Waals surface area contributed by atoms with Crippen molar-refractivity contribution in [3.63, 3.8) is 0 Å². The molecule has 0 spiro atoms. The molecule has 2 aromatic heterocycles. The van der Waals surface area contributed by atoms with Gasteiger partial charge in [0.25, 0.3) is 0 Å². The van der Waals surface area contributed by atoms with Gasteiger partial charge in [0, 0.05) is 47.7 Å². The molecule has 5 heteroatoms. The summed E-state index contributed by atoms with van der Waals surface area (Å²) in [4.78, 5) is 11.7. The van der Waals surface area contributed by atoms with Gasteiger partial charge in [-0.1, -0.05) is 6.92 Å². The van der Waals surface area contributed by atoms with Crippen molar-refractivity contribution in [2.45, 2.75) is 40.7 Å². The Bertz CT molecular complexity index is 952. The van der Waals surface area contributed by atoms with Crippen LogP contribution in [-0.4, -0.2) is 19.8 Å². The third-order valence-corrected chi connectivity index (χ3v) is 4.50. The van der Waals surface area contributed by atoms with Crippen molar-refractivity contribution in [1.82, 2.24) is 5.32 Å². The molecule has 0 aliphatic rings. The molecule has 0 bridgehead atoms. The van der Waals surface area contributed by atoms with Gasteiger partial charge in [-0.2, -0.15) is 0 Å². The molecule has 25 heavy (non-hydrogen) atoms. The van der Waals surface area contributed by atoms with Crippen LogP contribution in [0.15, 0.2) is 25.8 Å². The summed E-state index contributed by atoms with van der Waals surface area (Å²) in [7, 11) is 0. The Morgan fingerprint density at radius 3 is 2.56 bits per heavy atom. The fraction of sp³-hybridized carbons (Fsp3) is 0.450. The van der Waals surface area contributed by atoms with E-state index in [0.717, 1.165) is 64.9 Å². The van der Waals surface area contributed by atoms with Crippen LogP contribution in [0.1, 0.15) is 35.8 Å². The van der Waals surface area contributed by atoms with E-state index in [1.807, 2.05) is 20.8 Å². The molecule has 0 radical (unpaired) electrons. The van der Waals surface area contributed by atoms with Crippen molar-refractivity contribution in [2.24, 2.45) is 0 Å². The molecule has 0 atom stereocenters. The van der Waals surface area contributed by atoms with Crippen molar-refractivity contribution in [3.8, 4) is 0 Å². The Hall–Kier alpha value is -2.11. The molecule has 0 fully saturated rings. The standard InChI is InChI=1S/C20H25NO4/c1-5-7-23-8-6-21-11-17-14(4)24-20-13(3)19-15(10-16(17)20)12(2)9-18(22)25-19/h9-10,21H,5-8,11H2,1-4H3. The second-order valence-corrected chi connectivity index (χ2v) is 6.43. The number of nitrogens with one attached hydrogen (secondary N) is 1. The summed E-state index contributed by atoms with van der Waals surface area (Å²) in [5, 5.41) is 5.44. The number of furan rings is 1. The summed E-state index contributed by atoms with van der Waals surface area (Å²) in [6.07, 6.45) is 1.04. The maximum absolute atomic E-state index is 11.7. The van der Waals surface area contributed by atoms with Gasteiger partial charge in [0.1, 0.15) is 16.9 Å². The largest absolute Gasteiger partial charge is 0.461 e. The molecule has 1 N–H and O–H groups in total. The van der Waals surface area contributed by atoms with E-state index >= 15 is 0 Å². The van der Waals surface area contributed by atoms with E-state index in [-0.39, 0.29) is 5.63 Å². The zero-order valence-electron chi connectivity index (χ0n) is 15.3. The summed E-state index contributed by atoms with van der Waals surface area (Å²) in [6.45, 7) is 11.0. The summed E-state index contributed by atoms with van der Waals surface area (Å²) < 4.78 is 16.9. The summed E-state index contributed by atoms with van der Waals surface area (Å²) in [5.74, 6) is 0.885. The van der Waals surface area contributed by atoms with Gasteiger partial charge in [-0.15, -0.1) is 0 Å². The van der Waals surface area contributed by atoms with E-state index in [1.165, 1.54) is 6.07 Å². The van der Waals surface area contributed by atoms with Crippen molar-refractivity contribution in [2.75, 3.05) is 19.8 Å². The maximum Gasteiger partial charge on any atom is 0.336 e. The highest BCUT2D eigenvalue weighted by atomic mass is 16.5. The third-order valence-electron chi connectivity index (χ3n) is 4.50. The van der Waals surface area contributed by atoms with Gasteiger partial charge in [-0.3, -0.25) is 0 Å². The Balaban J connectivity index is 1.94. The minimum atomic E-state index is -0.329. The molecule has 0 aliphatic carbocycles. The first-order chi connectivity index (χ1) is 12.0. The lowest BCUT2D eigenvalue weighted by Gasteiger charge is -2.07. The number of hydrogen-bond acceptors (Lipinski definition) is 5. The highest BCUT2D eigenvalue weighted by Gasteiger charge is 2.17. The average molecular weight is 343 g/mol. The Labute approximate surface area is 147 Å². The normalized spacial score (nSPS) is 11.7. The number of hydrogen-bond donors (Lipinski definition) is 1. The van der Waals surface area contributed by atoms with Crippen LogP contribution in [0, 0.1) is 20.8 Å². The Morgan fingerprint density at radius 1 is 1.04 bits per heavy atom. The number of fused-ring (bicyclic) bond motifs is 2. The van der Waals surface area contributed by atoms with Crippen molar-refractivity contribution >= 4 is 21.9 Å². The molecule has 0 unspecified atom stereocenters. The Kier molecular flexibility index (Phi) is 5.25. The SMILES string of the molecule is CCCOCCNCc1c(C)oc2c(C)c3oc(=O)cc(C)c3cc12. The second-order valence-electron chi connectivity index (χ2n) is 6.43. The summed E-state index contributed by atoms with van der Waals surface area (Å²) >= 11 is 0.